The number of nitrogens with zero attached hydrogens (tertiary/aromatic N) is 1. The minimum atomic E-state index is -0.644. The van der Waals surface area contributed by atoms with E-state index in [9.17, 15) is 9.59 Å². The van der Waals surface area contributed by atoms with Gasteiger partial charge in [0.05, 0.1) is 19.1 Å². The highest BCUT2D eigenvalue weighted by atomic mass is 16.6. The van der Waals surface area contributed by atoms with E-state index >= 15 is 0 Å². The number of carbonyl (C=O) groups excluding carboxylic acids is 2. The molecule has 0 saturated heterocycles. The van der Waals surface area contributed by atoms with Crippen LogP contribution in [-0.2, 0) is 9.53 Å². The Hall–Kier alpha value is -4.07. The van der Waals surface area contributed by atoms with Crippen molar-refractivity contribution >= 4 is 23.9 Å². The van der Waals surface area contributed by atoms with Gasteiger partial charge in [-0.1, -0.05) is 6.07 Å². The van der Waals surface area contributed by atoms with E-state index in [2.05, 4.69) is 4.99 Å². The normalized spacial score (nSPS) is 14.6. The van der Waals surface area contributed by atoms with E-state index in [0.29, 0.717) is 23.7 Å². The number of hydrogen-bond acceptors (Lipinski definition) is 8. The third-order valence-electron chi connectivity index (χ3n) is 3.85. The summed E-state index contributed by atoms with van der Waals surface area (Å²) in [5.41, 5.74) is 0.724. The predicted molar refractivity (Wildman–Crippen MR) is 101 cm³/mol. The van der Waals surface area contributed by atoms with Gasteiger partial charge < -0.3 is 23.0 Å². The summed E-state index contributed by atoms with van der Waals surface area (Å²) in [6.45, 7) is 2.16. The molecule has 2 aromatic heterocycles. The molecule has 1 aromatic carbocycles. The van der Waals surface area contributed by atoms with Crippen LogP contribution in [-0.4, -0.2) is 24.4 Å². The molecule has 0 amide bonds. The minimum absolute atomic E-state index is 0.0761. The fourth-order valence-electron chi connectivity index (χ4n) is 2.58. The van der Waals surface area contributed by atoms with Gasteiger partial charge in [0.25, 0.3) is 5.90 Å². The number of hydrogen-bond donors (Lipinski definition) is 0. The molecule has 0 unspecified atom stereocenters. The standard InChI is InChI=1S/C21H15NO7/c1-2-25-18-12-13(7-8-15(18)28-21(24)17-6-4-10-27-17)11-14-20(23)29-19(22-14)16-5-3-9-26-16/h3-12H,2H2,1H3/b14-11+. The predicted octanol–water partition coefficient (Wildman–Crippen LogP) is 3.84. The lowest BCUT2D eigenvalue weighted by Gasteiger charge is -2.10. The van der Waals surface area contributed by atoms with Crippen LogP contribution in [0.1, 0.15) is 28.8 Å². The zero-order valence-electron chi connectivity index (χ0n) is 15.3. The molecule has 0 saturated carbocycles. The Bertz CT molecular complexity index is 1090. The van der Waals surface area contributed by atoms with Crippen LogP contribution in [0.2, 0.25) is 0 Å². The van der Waals surface area contributed by atoms with Gasteiger partial charge in [-0.05, 0) is 55.0 Å². The Balaban J connectivity index is 1.60. The van der Waals surface area contributed by atoms with Crippen molar-refractivity contribution in [2.45, 2.75) is 6.92 Å². The molecule has 8 nitrogen and oxygen atoms in total. The lowest BCUT2D eigenvalue weighted by molar-refractivity contribution is -0.130. The lowest BCUT2D eigenvalue weighted by Crippen LogP contribution is -2.08. The molecule has 29 heavy (non-hydrogen) atoms. The van der Waals surface area contributed by atoms with Crippen LogP contribution in [0.5, 0.6) is 11.5 Å². The average Bonchev–Trinajstić information content (AvgIpc) is 3.46. The second-order valence-corrected chi connectivity index (χ2v) is 5.82. The number of ether oxygens (including phenoxy) is 3. The summed E-state index contributed by atoms with van der Waals surface area (Å²) >= 11 is 0. The molecule has 4 rings (SSSR count). The van der Waals surface area contributed by atoms with Crippen molar-refractivity contribution in [2.75, 3.05) is 6.61 Å². The van der Waals surface area contributed by atoms with Crippen molar-refractivity contribution in [1.29, 1.82) is 0 Å². The molecule has 0 fully saturated rings. The van der Waals surface area contributed by atoms with Crippen LogP contribution < -0.4 is 9.47 Å². The van der Waals surface area contributed by atoms with Crippen molar-refractivity contribution in [3.63, 3.8) is 0 Å². The zero-order chi connectivity index (χ0) is 20.2. The first-order valence-electron chi connectivity index (χ1n) is 8.73. The van der Waals surface area contributed by atoms with Crippen molar-refractivity contribution in [1.82, 2.24) is 0 Å². The van der Waals surface area contributed by atoms with Gasteiger partial charge in [-0.2, -0.15) is 0 Å². The van der Waals surface area contributed by atoms with Gasteiger partial charge >= 0.3 is 11.9 Å². The summed E-state index contributed by atoms with van der Waals surface area (Å²) in [5.74, 6) is -0.145. The monoisotopic (exact) mass is 393 g/mol. The highest BCUT2D eigenvalue weighted by Gasteiger charge is 2.26. The molecule has 146 valence electrons. The first-order valence-corrected chi connectivity index (χ1v) is 8.73. The summed E-state index contributed by atoms with van der Waals surface area (Å²) in [6.07, 6.45) is 4.39. The number of benzene rings is 1. The Morgan fingerprint density at radius 2 is 1.93 bits per heavy atom. The van der Waals surface area contributed by atoms with Gasteiger partial charge in [-0.3, -0.25) is 0 Å². The second kappa shape index (κ2) is 7.89. The van der Waals surface area contributed by atoms with Crippen LogP contribution in [0.25, 0.3) is 6.08 Å². The maximum absolute atomic E-state index is 12.1. The molecule has 0 atom stereocenters. The Labute approximate surface area is 165 Å². The topological polar surface area (TPSA) is 100 Å². The van der Waals surface area contributed by atoms with E-state index in [-0.39, 0.29) is 23.1 Å². The average molecular weight is 393 g/mol. The molecule has 1 aliphatic heterocycles. The summed E-state index contributed by atoms with van der Waals surface area (Å²) < 4.78 is 26.3. The summed E-state index contributed by atoms with van der Waals surface area (Å²) in [5, 5.41) is 0. The molecule has 1 aliphatic rings. The molecule has 3 aromatic rings. The van der Waals surface area contributed by atoms with E-state index in [4.69, 9.17) is 23.0 Å². The fourth-order valence-corrected chi connectivity index (χ4v) is 2.58. The molecule has 8 heteroatoms. The first kappa shape index (κ1) is 18.3. The molecule has 0 bridgehead atoms. The molecule has 0 N–H and O–H groups in total. The Kier molecular flexibility index (Phi) is 4.98. The Morgan fingerprint density at radius 1 is 1.10 bits per heavy atom. The number of aliphatic imine (C=N–C) groups is 1. The maximum atomic E-state index is 12.1. The van der Waals surface area contributed by atoms with E-state index in [1.54, 1.807) is 49.4 Å². The number of esters is 2. The number of carbonyl (C=O) groups is 2. The first-order chi connectivity index (χ1) is 14.1. The number of rotatable bonds is 6. The van der Waals surface area contributed by atoms with Crippen molar-refractivity contribution in [2.24, 2.45) is 4.99 Å². The van der Waals surface area contributed by atoms with Crippen LogP contribution in [0, 0.1) is 0 Å². The third kappa shape index (κ3) is 3.96. The molecule has 3 heterocycles. The van der Waals surface area contributed by atoms with Gasteiger partial charge in [0.2, 0.25) is 5.76 Å². The molecular weight excluding hydrogens is 378 g/mol. The van der Waals surface area contributed by atoms with Gasteiger partial charge in [-0.15, -0.1) is 0 Å². The summed E-state index contributed by atoms with van der Waals surface area (Å²) in [4.78, 5) is 28.4. The fraction of sp³-hybridized carbons (Fsp3) is 0.0952. The van der Waals surface area contributed by atoms with E-state index in [1.165, 1.54) is 18.6 Å². The third-order valence-corrected chi connectivity index (χ3v) is 3.85. The highest BCUT2D eigenvalue weighted by Crippen LogP contribution is 2.31. The number of cyclic esters (lactones) is 1. The summed E-state index contributed by atoms with van der Waals surface area (Å²) in [6, 6.07) is 11.3. The van der Waals surface area contributed by atoms with Gasteiger partial charge in [0, 0.05) is 0 Å². The lowest BCUT2D eigenvalue weighted by atomic mass is 10.1. The van der Waals surface area contributed by atoms with Crippen molar-refractivity contribution < 1.29 is 32.6 Å². The molecule has 0 spiro atoms. The maximum Gasteiger partial charge on any atom is 0.379 e. The van der Waals surface area contributed by atoms with Crippen LogP contribution in [0.3, 0.4) is 0 Å². The van der Waals surface area contributed by atoms with E-state index in [0.717, 1.165) is 0 Å². The van der Waals surface area contributed by atoms with Crippen LogP contribution in [0.15, 0.2) is 74.5 Å². The largest absolute Gasteiger partial charge is 0.490 e. The van der Waals surface area contributed by atoms with E-state index < -0.39 is 11.9 Å². The highest BCUT2D eigenvalue weighted by molar-refractivity contribution is 6.11. The van der Waals surface area contributed by atoms with Crippen LogP contribution in [0.4, 0.5) is 0 Å². The van der Waals surface area contributed by atoms with Crippen molar-refractivity contribution in [3.05, 3.63) is 77.8 Å². The van der Waals surface area contributed by atoms with Gasteiger partial charge in [0.15, 0.2) is 23.0 Å². The smallest absolute Gasteiger partial charge is 0.379 e. The quantitative estimate of drug-likeness (QED) is 0.356. The van der Waals surface area contributed by atoms with E-state index in [1.807, 2.05) is 0 Å². The second-order valence-electron chi connectivity index (χ2n) is 5.82. The molecule has 0 aliphatic carbocycles. The minimum Gasteiger partial charge on any atom is -0.490 e. The van der Waals surface area contributed by atoms with Crippen LogP contribution >= 0.6 is 0 Å². The molecular formula is C21H15NO7. The number of furan rings is 2. The summed E-state index contributed by atoms with van der Waals surface area (Å²) in [7, 11) is 0. The van der Waals surface area contributed by atoms with Gasteiger partial charge in [0.1, 0.15) is 0 Å². The SMILES string of the molecule is CCOc1cc(/C=C2/N=C(c3ccco3)OC2=O)ccc1OC(=O)c1ccco1. The molecule has 0 radical (unpaired) electrons. The van der Waals surface area contributed by atoms with Crippen molar-refractivity contribution in [3.8, 4) is 11.5 Å². The van der Waals surface area contributed by atoms with Gasteiger partial charge in [-0.25, -0.2) is 14.6 Å². The Morgan fingerprint density at radius 3 is 2.66 bits per heavy atom. The zero-order valence-corrected chi connectivity index (χ0v) is 15.3.